The van der Waals surface area contributed by atoms with Gasteiger partial charge in [0, 0.05) is 76.4 Å². The SMILES string of the molecule is OCCN(Cc1ccc(CN2CCC3(CCN(C4CCCCC4)CC3)C2)cc1)CC(Cc1ncc[nH]1)Cc1ncc[nH]1. The van der Waals surface area contributed by atoms with Crippen LogP contribution in [0.25, 0.3) is 0 Å². The van der Waals surface area contributed by atoms with Crippen molar-refractivity contribution < 1.29 is 5.11 Å². The van der Waals surface area contributed by atoms with Crippen molar-refractivity contribution >= 4 is 0 Å². The van der Waals surface area contributed by atoms with Crippen LogP contribution in [0.1, 0.15) is 74.1 Å². The number of aliphatic hydroxyl groups is 1. The number of H-pyrrole nitrogens is 2. The van der Waals surface area contributed by atoms with Crippen LogP contribution in [-0.2, 0) is 25.9 Å². The van der Waals surface area contributed by atoms with E-state index in [0.717, 1.165) is 50.2 Å². The second-order valence-corrected chi connectivity index (χ2v) is 13.4. The van der Waals surface area contributed by atoms with Crippen molar-refractivity contribution in [2.45, 2.75) is 83.3 Å². The van der Waals surface area contributed by atoms with Crippen LogP contribution in [0.4, 0.5) is 0 Å². The van der Waals surface area contributed by atoms with Gasteiger partial charge in [0.25, 0.3) is 0 Å². The molecule has 1 saturated carbocycles. The summed E-state index contributed by atoms with van der Waals surface area (Å²) in [5.41, 5.74) is 3.27. The molecule has 3 aliphatic rings. The van der Waals surface area contributed by atoms with E-state index in [4.69, 9.17) is 0 Å². The summed E-state index contributed by atoms with van der Waals surface area (Å²) in [6, 6.07) is 10.1. The smallest absolute Gasteiger partial charge is 0.106 e. The molecule has 42 heavy (non-hydrogen) atoms. The average molecular weight is 574 g/mol. The van der Waals surface area contributed by atoms with Gasteiger partial charge in [0.2, 0.25) is 0 Å². The molecule has 4 heterocycles. The molecule has 8 nitrogen and oxygen atoms in total. The molecule has 0 bridgehead atoms. The molecular weight excluding hydrogens is 522 g/mol. The number of aliphatic hydroxyl groups excluding tert-OH is 1. The fourth-order valence-corrected chi connectivity index (χ4v) is 7.96. The lowest BCUT2D eigenvalue weighted by Gasteiger charge is -2.43. The van der Waals surface area contributed by atoms with Crippen molar-refractivity contribution in [1.82, 2.24) is 34.6 Å². The van der Waals surface area contributed by atoms with E-state index in [1.165, 1.54) is 88.7 Å². The maximum atomic E-state index is 9.84. The quantitative estimate of drug-likeness (QED) is 0.276. The minimum atomic E-state index is 0.154. The summed E-state index contributed by atoms with van der Waals surface area (Å²) >= 11 is 0. The van der Waals surface area contributed by atoms with E-state index in [0.29, 0.717) is 17.9 Å². The van der Waals surface area contributed by atoms with Crippen molar-refractivity contribution in [1.29, 1.82) is 0 Å². The van der Waals surface area contributed by atoms with Crippen molar-refractivity contribution in [3.63, 3.8) is 0 Å². The number of nitrogens with one attached hydrogen (secondary N) is 2. The number of aromatic nitrogens is 4. The molecule has 3 aromatic rings. The summed E-state index contributed by atoms with van der Waals surface area (Å²) in [6.45, 7) is 8.72. The van der Waals surface area contributed by atoms with E-state index in [9.17, 15) is 5.11 Å². The molecule has 0 atom stereocenters. The fraction of sp³-hybridized carbons (Fsp3) is 0.647. The summed E-state index contributed by atoms with van der Waals surface area (Å²) < 4.78 is 0. The molecule has 3 N–H and O–H groups in total. The first-order valence-corrected chi connectivity index (χ1v) is 16.5. The third kappa shape index (κ3) is 7.90. The summed E-state index contributed by atoms with van der Waals surface area (Å²) in [5, 5.41) is 9.84. The zero-order chi connectivity index (χ0) is 28.6. The van der Waals surface area contributed by atoms with E-state index < -0.39 is 0 Å². The van der Waals surface area contributed by atoms with Gasteiger partial charge in [-0.3, -0.25) is 9.80 Å². The molecule has 1 aliphatic carbocycles. The molecule has 8 heteroatoms. The van der Waals surface area contributed by atoms with Crippen molar-refractivity contribution in [2.24, 2.45) is 11.3 Å². The number of hydrogen-bond acceptors (Lipinski definition) is 6. The highest BCUT2D eigenvalue weighted by atomic mass is 16.3. The topological polar surface area (TPSA) is 87.3 Å². The highest BCUT2D eigenvalue weighted by molar-refractivity contribution is 5.23. The van der Waals surface area contributed by atoms with Crippen LogP contribution in [0.15, 0.2) is 49.1 Å². The van der Waals surface area contributed by atoms with Crippen LogP contribution >= 0.6 is 0 Å². The van der Waals surface area contributed by atoms with Crippen molar-refractivity contribution in [3.8, 4) is 0 Å². The Morgan fingerprint density at radius 1 is 0.881 bits per heavy atom. The Morgan fingerprint density at radius 2 is 1.52 bits per heavy atom. The summed E-state index contributed by atoms with van der Waals surface area (Å²) in [6.07, 6.45) is 20.4. The Kier molecular flexibility index (Phi) is 10.1. The minimum absolute atomic E-state index is 0.154. The Hall–Kier alpha value is -2.52. The number of piperidine rings is 1. The van der Waals surface area contributed by atoms with Gasteiger partial charge in [-0.2, -0.15) is 0 Å². The van der Waals surface area contributed by atoms with Gasteiger partial charge in [0.1, 0.15) is 11.6 Å². The zero-order valence-corrected chi connectivity index (χ0v) is 25.4. The number of aromatic amines is 2. The van der Waals surface area contributed by atoms with Gasteiger partial charge in [-0.15, -0.1) is 0 Å². The van der Waals surface area contributed by atoms with E-state index >= 15 is 0 Å². The van der Waals surface area contributed by atoms with Gasteiger partial charge < -0.3 is 20.0 Å². The normalized spacial score (nSPS) is 20.4. The fourth-order valence-electron chi connectivity index (χ4n) is 7.96. The van der Waals surface area contributed by atoms with E-state index in [2.05, 4.69) is 58.9 Å². The molecular formula is C34H51N7O. The summed E-state index contributed by atoms with van der Waals surface area (Å²) in [5.74, 6) is 2.33. The van der Waals surface area contributed by atoms with Crippen LogP contribution in [0.5, 0.6) is 0 Å². The lowest BCUT2D eigenvalue weighted by Crippen LogP contribution is -2.46. The van der Waals surface area contributed by atoms with Gasteiger partial charge in [-0.1, -0.05) is 43.5 Å². The van der Waals surface area contributed by atoms with E-state index in [-0.39, 0.29) is 6.61 Å². The van der Waals surface area contributed by atoms with Gasteiger partial charge >= 0.3 is 0 Å². The predicted molar refractivity (Wildman–Crippen MR) is 167 cm³/mol. The highest BCUT2D eigenvalue weighted by Gasteiger charge is 2.41. The Morgan fingerprint density at radius 3 is 2.14 bits per heavy atom. The van der Waals surface area contributed by atoms with Crippen LogP contribution in [0.2, 0.25) is 0 Å². The first-order valence-electron chi connectivity index (χ1n) is 16.5. The zero-order valence-electron chi connectivity index (χ0n) is 25.4. The Bertz CT molecular complexity index is 1130. The number of likely N-dealkylation sites (tertiary alicyclic amines) is 2. The van der Waals surface area contributed by atoms with Crippen LogP contribution in [0, 0.1) is 11.3 Å². The molecule has 6 rings (SSSR count). The molecule has 0 radical (unpaired) electrons. The predicted octanol–water partition coefficient (Wildman–Crippen LogP) is 4.65. The molecule has 1 aromatic carbocycles. The van der Waals surface area contributed by atoms with E-state index in [1.54, 1.807) is 0 Å². The second kappa shape index (κ2) is 14.3. The standard InChI is InChI=1S/C34H51N7O/c42-21-20-39(26-30(22-32-35-13-14-36-32)23-33-37-15-16-38-33)24-28-6-8-29(9-7-28)25-40-17-10-34(27-40)11-18-41(19-12-34)31-4-2-1-3-5-31/h6-9,13-16,30-31,42H,1-5,10-12,17-27H2,(H,35,36)(H,37,38). The molecule has 1 spiro atoms. The maximum absolute atomic E-state index is 9.84. The largest absolute Gasteiger partial charge is 0.395 e. The minimum Gasteiger partial charge on any atom is -0.395 e. The lowest BCUT2D eigenvalue weighted by molar-refractivity contribution is 0.0615. The number of rotatable bonds is 13. The number of benzene rings is 1. The van der Waals surface area contributed by atoms with Gasteiger partial charge in [0.05, 0.1) is 6.61 Å². The Labute approximate surface area is 251 Å². The van der Waals surface area contributed by atoms with Crippen LogP contribution in [-0.4, -0.2) is 91.7 Å². The molecule has 3 fully saturated rings. The molecule has 2 aliphatic heterocycles. The maximum Gasteiger partial charge on any atom is 0.106 e. The monoisotopic (exact) mass is 573 g/mol. The third-order valence-corrected chi connectivity index (χ3v) is 10.3. The molecule has 2 saturated heterocycles. The first kappa shape index (κ1) is 29.5. The van der Waals surface area contributed by atoms with Gasteiger partial charge in [-0.25, -0.2) is 9.97 Å². The number of nitrogens with zero attached hydrogens (tertiary/aromatic N) is 5. The van der Waals surface area contributed by atoms with Crippen LogP contribution in [0.3, 0.4) is 0 Å². The molecule has 0 unspecified atom stereocenters. The lowest BCUT2D eigenvalue weighted by atomic mass is 9.77. The van der Waals surface area contributed by atoms with Crippen molar-refractivity contribution in [2.75, 3.05) is 45.9 Å². The summed E-state index contributed by atoms with van der Waals surface area (Å²) in [4.78, 5) is 23.4. The van der Waals surface area contributed by atoms with Gasteiger partial charge in [0.15, 0.2) is 0 Å². The molecule has 2 aromatic heterocycles. The number of imidazole rings is 2. The number of hydrogen-bond donors (Lipinski definition) is 3. The molecule has 0 amide bonds. The van der Waals surface area contributed by atoms with E-state index in [1.807, 2.05) is 24.8 Å². The Balaban J connectivity index is 1.000. The third-order valence-electron chi connectivity index (χ3n) is 10.3. The highest BCUT2D eigenvalue weighted by Crippen LogP contribution is 2.42. The second-order valence-electron chi connectivity index (χ2n) is 13.4. The first-order chi connectivity index (χ1) is 20.7. The average Bonchev–Trinajstić information content (AvgIpc) is 3.79. The van der Waals surface area contributed by atoms with Crippen LogP contribution < -0.4 is 0 Å². The molecule has 228 valence electrons. The van der Waals surface area contributed by atoms with Crippen molar-refractivity contribution in [3.05, 3.63) is 71.8 Å². The van der Waals surface area contributed by atoms with Gasteiger partial charge in [-0.05, 0) is 74.2 Å². The summed E-state index contributed by atoms with van der Waals surface area (Å²) in [7, 11) is 0.